The Kier molecular flexibility index (Phi) is 6.67. The number of aliphatic hydroxyl groups is 1. The van der Waals surface area contributed by atoms with Gasteiger partial charge in [-0.3, -0.25) is 9.59 Å². The molecule has 0 aromatic heterocycles. The lowest BCUT2D eigenvalue weighted by Gasteiger charge is -2.36. The first kappa shape index (κ1) is 20.3. The highest BCUT2D eigenvalue weighted by molar-refractivity contribution is 5.94. The molecule has 0 bridgehead atoms. The molecule has 1 aromatic carbocycles. The van der Waals surface area contributed by atoms with Crippen LogP contribution < -0.4 is 10.2 Å². The van der Waals surface area contributed by atoms with Crippen molar-refractivity contribution < 1.29 is 19.4 Å². The minimum Gasteiger partial charge on any atom is -0.488 e. The summed E-state index contributed by atoms with van der Waals surface area (Å²) >= 11 is 0. The molecular weight excluding hydrogens is 358 g/mol. The number of nitrogens with one attached hydrogen (secondary N) is 1. The van der Waals surface area contributed by atoms with Crippen molar-refractivity contribution in [2.24, 2.45) is 5.10 Å². The Labute approximate surface area is 165 Å². The van der Waals surface area contributed by atoms with Crippen LogP contribution in [0, 0.1) is 0 Å². The van der Waals surface area contributed by atoms with Crippen molar-refractivity contribution in [3.05, 3.63) is 29.8 Å². The van der Waals surface area contributed by atoms with Crippen molar-refractivity contribution >= 4 is 17.5 Å². The minimum atomic E-state index is -0.716. The van der Waals surface area contributed by atoms with Gasteiger partial charge < -0.3 is 14.7 Å². The number of rotatable bonds is 6. The predicted molar refractivity (Wildman–Crippen MR) is 106 cm³/mol. The normalized spacial score (nSPS) is 22.6. The van der Waals surface area contributed by atoms with E-state index in [1.807, 2.05) is 18.2 Å². The van der Waals surface area contributed by atoms with Crippen LogP contribution in [0.15, 0.2) is 29.4 Å². The summed E-state index contributed by atoms with van der Waals surface area (Å²) in [6, 6.07) is 7.95. The van der Waals surface area contributed by atoms with Crippen LogP contribution >= 0.6 is 0 Å². The summed E-state index contributed by atoms with van der Waals surface area (Å²) < 4.78 is 6.00. The third kappa shape index (κ3) is 5.32. The molecule has 3 rings (SSSR count). The number of nitrogens with zero attached hydrogens (tertiary/aromatic N) is 2. The molecule has 0 radical (unpaired) electrons. The first-order valence-electron chi connectivity index (χ1n) is 9.99. The lowest BCUT2D eigenvalue weighted by atomic mass is 10.0. The summed E-state index contributed by atoms with van der Waals surface area (Å²) in [5, 5.41) is 14.5. The minimum absolute atomic E-state index is 0.00101. The van der Waals surface area contributed by atoms with Gasteiger partial charge in [-0.1, -0.05) is 26.0 Å². The van der Waals surface area contributed by atoms with Gasteiger partial charge in [0.25, 0.3) is 0 Å². The first-order valence-corrected chi connectivity index (χ1v) is 9.99. The standard InChI is InChI=1S/C21H29N3O4/c1-14(2)15-4-3-5-17(12-15)28-19-10-11-24(13-18(19)25)21(27)9-7-16-6-8-20(26)23-22-16/h3-5,12,14,18-19,25H,6-11,13H2,1-2H3,(H,23,26)/t18-,19-/m1/s1. The van der Waals surface area contributed by atoms with Crippen LogP contribution in [-0.4, -0.2) is 52.8 Å². The van der Waals surface area contributed by atoms with Gasteiger partial charge in [0.15, 0.2) is 0 Å². The lowest BCUT2D eigenvalue weighted by Crippen LogP contribution is -2.51. The molecule has 0 saturated carbocycles. The molecule has 2 aliphatic rings. The molecule has 152 valence electrons. The van der Waals surface area contributed by atoms with Crippen LogP contribution in [-0.2, 0) is 9.59 Å². The maximum Gasteiger partial charge on any atom is 0.240 e. The van der Waals surface area contributed by atoms with E-state index in [1.54, 1.807) is 4.90 Å². The molecule has 0 aliphatic carbocycles. The second-order valence-electron chi connectivity index (χ2n) is 7.79. The Balaban J connectivity index is 1.48. The molecule has 0 spiro atoms. The van der Waals surface area contributed by atoms with Crippen molar-refractivity contribution in [1.29, 1.82) is 0 Å². The zero-order chi connectivity index (χ0) is 20.1. The molecule has 7 heteroatoms. The van der Waals surface area contributed by atoms with E-state index in [-0.39, 0.29) is 24.5 Å². The number of hydrogen-bond acceptors (Lipinski definition) is 5. The van der Waals surface area contributed by atoms with Gasteiger partial charge in [-0.15, -0.1) is 0 Å². The Bertz CT molecular complexity index is 747. The molecule has 1 aromatic rings. The lowest BCUT2D eigenvalue weighted by molar-refractivity contribution is -0.136. The topological polar surface area (TPSA) is 91.2 Å². The van der Waals surface area contributed by atoms with Crippen LogP contribution in [0.5, 0.6) is 5.75 Å². The molecule has 2 N–H and O–H groups in total. The third-order valence-corrected chi connectivity index (χ3v) is 5.29. The fourth-order valence-corrected chi connectivity index (χ4v) is 3.50. The van der Waals surface area contributed by atoms with Crippen molar-refractivity contribution in [2.75, 3.05) is 13.1 Å². The molecule has 1 fully saturated rings. The van der Waals surface area contributed by atoms with Gasteiger partial charge in [-0.05, 0) is 36.5 Å². The smallest absolute Gasteiger partial charge is 0.240 e. The number of hydrogen-bond donors (Lipinski definition) is 2. The van der Waals surface area contributed by atoms with E-state index in [0.29, 0.717) is 44.6 Å². The summed E-state index contributed by atoms with van der Waals surface area (Å²) in [4.78, 5) is 25.3. The van der Waals surface area contributed by atoms with Gasteiger partial charge in [0, 0.05) is 31.5 Å². The number of carbonyl (C=O) groups excluding carboxylic acids is 2. The number of benzene rings is 1. The van der Waals surface area contributed by atoms with Crippen molar-refractivity contribution in [1.82, 2.24) is 10.3 Å². The van der Waals surface area contributed by atoms with Crippen molar-refractivity contribution in [3.63, 3.8) is 0 Å². The van der Waals surface area contributed by atoms with E-state index in [1.165, 1.54) is 5.56 Å². The van der Waals surface area contributed by atoms with Gasteiger partial charge in [-0.25, -0.2) is 5.43 Å². The number of hydrazone groups is 1. The Hall–Kier alpha value is -2.41. The van der Waals surface area contributed by atoms with Gasteiger partial charge in [0.05, 0.1) is 6.54 Å². The van der Waals surface area contributed by atoms with E-state index >= 15 is 0 Å². The van der Waals surface area contributed by atoms with Gasteiger partial charge in [0.2, 0.25) is 11.8 Å². The molecule has 1 saturated heterocycles. The monoisotopic (exact) mass is 387 g/mol. The van der Waals surface area contributed by atoms with Gasteiger partial charge >= 0.3 is 0 Å². The van der Waals surface area contributed by atoms with E-state index < -0.39 is 6.10 Å². The average Bonchev–Trinajstić information content (AvgIpc) is 2.69. The third-order valence-electron chi connectivity index (χ3n) is 5.29. The zero-order valence-corrected chi connectivity index (χ0v) is 16.6. The maximum absolute atomic E-state index is 12.5. The fourth-order valence-electron chi connectivity index (χ4n) is 3.50. The Morgan fingerprint density at radius 3 is 2.89 bits per heavy atom. The van der Waals surface area contributed by atoms with Gasteiger partial charge in [0.1, 0.15) is 18.0 Å². The number of aliphatic hydroxyl groups excluding tert-OH is 1. The van der Waals surface area contributed by atoms with Crippen molar-refractivity contribution in [2.45, 2.75) is 64.1 Å². The summed E-state index contributed by atoms with van der Waals surface area (Å²) in [7, 11) is 0. The number of amides is 2. The molecule has 2 atom stereocenters. The molecule has 7 nitrogen and oxygen atoms in total. The summed E-state index contributed by atoms with van der Waals surface area (Å²) in [6.45, 7) is 5.10. The van der Waals surface area contributed by atoms with E-state index in [4.69, 9.17) is 4.74 Å². The van der Waals surface area contributed by atoms with Crippen LogP contribution in [0.2, 0.25) is 0 Å². The zero-order valence-electron chi connectivity index (χ0n) is 16.6. The quantitative estimate of drug-likeness (QED) is 0.783. The number of β-amino-alcohol motifs (C(OH)–C–C–N with tert-alkyl or cyclic N) is 1. The molecular formula is C21H29N3O4. The highest BCUT2D eigenvalue weighted by Crippen LogP contribution is 2.24. The average molecular weight is 387 g/mol. The fraction of sp³-hybridized carbons (Fsp3) is 0.571. The second-order valence-corrected chi connectivity index (χ2v) is 7.79. The van der Waals surface area contributed by atoms with Gasteiger partial charge in [-0.2, -0.15) is 5.10 Å². The summed E-state index contributed by atoms with van der Waals surface area (Å²) in [5.41, 5.74) is 4.49. The number of likely N-dealkylation sites (tertiary alicyclic amines) is 1. The van der Waals surface area contributed by atoms with E-state index in [2.05, 4.69) is 30.4 Å². The molecule has 28 heavy (non-hydrogen) atoms. The van der Waals surface area contributed by atoms with E-state index in [0.717, 1.165) is 11.5 Å². The Morgan fingerprint density at radius 2 is 2.21 bits per heavy atom. The molecule has 2 amide bonds. The van der Waals surface area contributed by atoms with Crippen LogP contribution in [0.1, 0.15) is 57.4 Å². The Morgan fingerprint density at radius 1 is 1.39 bits per heavy atom. The second kappa shape index (κ2) is 9.19. The highest BCUT2D eigenvalue weighted by atomic mass is 16.5. The van der Waals surface area contributed by atoms with E-state index in [9.17, 15) is 14.7 Å². The first-order chi connectivity index (χ1) is 13.4. The van der Waals surface area contributed by atoms with Crippen molar-refractivity contribution in [3.8, 4) is 5.75 Å². The number of ether oxygens (including phenoxy) is 1. The van der Waals surface area contributed by atoms with Crippen LogP contribution in [0.4, 0.5) is 0 Å². The summed E-state index contributed by atoms with van der Waals surface area (Å²) in [5.74, 6) is 1.08. The molecule has 2 heterocycles. The molecule has 0 unspecified atom stereocenters. The molecule has 2 aliphatic heterocycles. The maximum atomic E-state index is 12.5. The number of carbonyl (C=O) groups is 2. The predicted octanol–water partition coefficient (Wildman–Crippen LogP) is 2.20. The SMILES string of the molecule is CC(C)c1cccc(O[C@@H]2CCN(C(=O)CCC3=NNC(=O)CC3)C[C@H]2O)c1. The summed E-state index contributed by atoms with van der Waals surface area (Å²) in [6.07, 6.45) is 1.46. The number of piperidine rings is 1. The van der Waals surface area contributed by atoms with Crippen LogP contribution in [0.25, 0.3) is 0 Å². The highest BCUT2D eigenvalue weighted by Gasteiger charge is 2.31. The largest absolute Gasteiger partial charge is 0.488 e. The van der Waals surface area contributed by atoms with Crippen LogP contribution in [0.3, 0.4) is 0 Å².